The minimum atomic E-state index is -0.264. The lowest BCUT2D eigenvalue weighted by Gasteiger charge is -2.11. The summed E-state index contributed by atoms with van der Waals surface area (Å²) in [5.41, 5.74) is 5.01. The molecule has 0 saturated carbocycles. The number of hydrazone groups is 1. The van der Waals surface area contributed by atoms with Gasteiger partial charge in [-0.05, 0) is 61.0 Å². The summed E-state index contributed by atoms with van der Waals surface area (Å²) in [4.78, 5) is 16.5. The predicted molar refractivity (Wildman–Crippen MR) is 134 cm³/mol. The van der Waals surface area contributed by atoms with Crippen LogP contribution in [0.3, 0.4) is 0 Å². The SMILES string of the molecule is CCOc1ccc(-n2c(SCC(=O)NN=Cc3ccc(Cl)cc3)nnc2-c2cccnc2)cc1. The number of hydrogen-bond acceptors (Lipinski definition) is 7. The largest absolute Gasteiger partial charge is 0.494 e. The predicted octanol–water partition coefficient (Wildman–Crippen LogP) is 4.62. The van der Waals surface area contributed by atoms with Gasteiger partial charge in [0.25, 0.3) is 5.91 Å². The van der Waals surface area contributed by atoms with Gasteiger partial charge in [-0.3, -0.25) is 14.3 Å². The Morgan fingerprint density at radius 1 is 1.15 bits per heavy atom. The Morgan fingerprint density at radius 3 is 2.65 bits per heavy atom. The summed E-state index contributed by atoms with van der Waals surface area (Å²) in [5.74, 6) is 1.25. The minimum Gasteiger partial charge on any atom is -0.494 e. The van der Waals surface area contributed by atoms with Crippen molar-refractivity contribution in [2.24, 2.45) is 5.10 Å². The van der Waals surface area contributed by atoms with Crippen LogP contribution in [0, 0.1) is 0 Å². The molecule has 0 aliphatic rings. The maximum Gasteiger partial charge on any atom is 0.250 e. The zero-order chi connectivity index (χ0) is 23.8. The number of ether oxygens (including phenoxy) is 1. The van der Waals surface area contributed by atoms with Crippen LogP contribution in [0.1, 0.15) is 12.5 Å². The molecule has 172 valence electrons. The first-order chi connectivity index (χ1) is 16.6. The average molecular weight is 493 g/mol. The van der Waals surface area contributed by atoms with Crippen molar-refractivity contribution >= 4 is 35.5 Å². The zero-order valence-electron chi connectivity index (χ0n) is 18.3. The number of carbonyl (C=O) groups excluding carboxylic acids is 1. The maximum atomic E-state index is 12.4. The molecular formula is C24H21ClN6O2S. The summed E-state index contributed by atoms with van der Waals surface area (Å²) < 4.78 is 7.44. The van der Waals surface area contributed by atoms with Crippen molar-refractivity contribution in [1.29, 1.82) is 0 Å². The second-order valence-electron chi connectivity index (χ2n) is 6.94. The van der Waals surface area contributed by atoms with Crippen LogP contribution in [0.4, 0.5) is 0 Å². The fourth-order valence-electron chi connectivity index (χ4n) is 3.03. The quantitative estimate of drug-likeness (QED) is 0.208. The van der Waals surface area contributed by atoms with E-state index in [0.29, 0.717) is 22.6 Å². The van der Waals surface area contributed by atoms with E-state index in [0.717, 1.165) is 22.6 Å². The number of rotatable bonds is 9. The van der Waals surface area contributed by atoms with E-state index >= 15 is 0 Å². The van der Waals surface area contributed by atoms with Crippen molar-refractivity contribution in [3.63, 3.8) is 0 Å². The number of amides is 1. The van der Waals surface area contributed by atoms with Crippen LogP contribution in [-0.4, -0.2) is 44.2 Å². The third-order valence-electron chi connectivity index (χ3n) is 4.56. The van der Waals surface area contributed by atoms with Crippen molar-refractivity contribution in [2.75, 3.05) is 12.4 Å². The van der Waals surface area contributed by atoms with Crippen molar-refractivity contribution in [2.45, 2.75) is 12.1 Å². The van der Waals surface area contributed by atoms with E-state index in [1.807, 2.05) is 60.0 Å². The Kier molecular flexibility index (Phi) is 7.90. The Labute approximate surface area is 206 Å². The molecule has 4 aromatic rings. The molecule has 1 N–H and O–H groups in total. The molecule has 2 heterocycles. The molecule has 0 aliphatic heterocycles. The Hall–Kier alpha value is -3.69. The van der Waals surface area contributed by atoms with E-state index < -0.39 is 0 Å². The highest BCUT2D eigenvalue weighted by atomic mass is 35.5. The van der Waals surface area contributed by atoms with Crippen LogP contribution in [0.2, 0.25) is 5.02 Å². The summed E-state index contributed by atoms with van der Waals surface area (Å²) in [6.07, 6.45) is 4.98. The molecule has 10 heteroatoms. The normalized spacial score (nSPS) is 11.0. The third-order valence-corrected chi connectivity index (χ3v) is 5.75. The van der Waals surface area contributed by atoms with Gasteiger partial charge < -0.3 is 4.74 Å². The molecule has 0 fully saturated rings. The topological polar surface area (TPSA) is 94.3 Å². The lowest BCUT2D eigenvalue weighted by molar-refractivity contribution is -0.118. The molecule has 0 spiro atoms. The first kappa shape index (κ1) is 23.5. The number of nitrogens with one attached hydrogen (secondary N) is 1. The van der Waals surface area contributed by atoms with E-state index in [1.165, 1.54) is 11.8 Å². The number of hydrogen-bond donors (Lipinski definition) is 1. The maximum absolute atomic E-state index is 12.4. The molecule has 2 aromatic heterocycles. The second kappa shape index (κ2) is 11.4. The van der Waals surface area contributed by atoms with Gasteiger partial charge in [-0.25, -0.2) is 5.43 Å². The van der Waals surface area contributed by atoms with E-state index in [1.54, 1.807) is 30.7 Å². The Balaban J connectivity index is 1.50. The standard InChI is InChI=1S/C24H21ClN6O2S/c1-2-33-21-11-9-20(10-12-21)31-23(18-4-3-13-26-15-18)29-30-24(31)34-16-22(32)28-27-14-17-5-7-19(25)8-6-17/h3-15H,2,16H2,1H3,(H,28,32). The highest BCUT2D eigenvalue weighted by molar-refractivity contribution is 7.99. The number of aromatic nitrogens is 4. The number of thioether (sulfide) groups is 1. The van der Waals surface area contributed by atoms with Crippen molar-refractivity contribution < 1.29 is 9.53 Å². The molecule has 0 radical (unpaired) electrons. The van der Waals surface area contributed by atoms with Gasteiger partial charge in [-0.1, -0.05) is 35.5 Å². The molecule has 1 amide bonds. The highest BCUT2D eigenvalue weighted by Crippen LogP contribution is 2.28. The van der Waals surface area contributed by atoms with Crippen LogP contribution in [0.15, 0.2) is 83.3 Å². The fraction of sp³-hybridized carbons (Fsp3) is 0.125. The van der Waals surface area contributed by atoms with Crippen molar-refractivity contribution in [3.05, 3.63) is 83.6 Å². The van der Waals surface area contributed by atoms with E-state index in [-0.39, 0.29) is 11.7 Å². The molecule has 0 saturated heterocycles. The average Bonchev–Trinajstić information content (AvgIpc) is 3.29. The lowest BCUT2D eigenvalue weighted by Crippen LogP contribution is -2.20. The van der Waals surface area contributed by atoms with Gasteiger partial charge in [0.1, 0.15) is 5.75 Å². The summed E-state index contributed by atoms with van der Waals surface area (Å²) in [6.45, 7) is 2.52. The molecule has 8 nitrogen and oxygen atoms in total. The van der Waals surface area contributed by atoms with Crippen molar-refractivity contribution in [3.8, 4) is 22.8 Å². The number of carbonyl (C=O) groups is 1. The molecule has 0 atom stereocenters. The lowest BCUT2D eigenvalue weighted by atomic mass is 10.2. The molecule has 0 unspecified atom stereocenters. The van der Waals surface area contributed by atoms with Gasteiger partial charge in [0, 0.05) is 28.7 Å². The highest BCUT2D eigenvalue weighted by Gasteiger charge is 2.17. The van der Waals surface area contributed by atoms with Crippen LogP contribution in [-0.2, 0) is 4.79 Å². The third kappa shape index (κ3) is 6.00. The summed E-state index contributed by atoms with van der Waals surface area (Å²) in [5, 5.41) is 13.9. The molecule has 4 rings (SSSR count). The Morgan fingerprint density at radius 2 is 1.94 bits per heavy atom. The van der Waals surface area contributed by atoms with Crippen LogP contribution in [0.25, 0.3) is 17.1 Å². The van der Waals surface area contributed by atoms with Gasteiger partial charge in [0.2, 0.25) is 0 Å². The Bertz CT molecular complexity index is 1260. The molecule has 34 heavy (non-hydrogen) atoms. The van der Waals surface area contributed by atoms with E-state index in [4.69, 9.17) is 16.3 Å². The number of nitrogens with zero attached hydrogens (tertiary/aromatic N) is 5. The fourth-order valence-corrected chi connectivity index (χ4v) is 3.90. The molecular weight excluding hydrogens is 472 g/mol. The number of pyridine rings is 1. The number of benzene rings is 2. The van der Waals surface area contributed by atoms with E-state index in [9.17, 15) is 4.79 Å². The van der Waals surface area contributed by atoms with Gasteiger partial charge in [-0.2, -0.15) is 5.10 Å². The summed E-state index contributed by atoms with van der Waals surface area (Å²) in [7, 11) is 0. The van der Waals surface area contributed by atoms with Gasteiger partial charge >= 0.3 is 0 Å². The summed E-state index contributed by atoms with van der Waals surface area (Å²) >= 11 is 7.14. The summed E-state index contributed by atoms with van der Waals surface area (Å²) in [6, 6.07) is 18.5. The van der Waals surface area contributed by atoms with Crippen LogP contribution < -0.4 is 10.2 Å². The van der Waals surface area contributed by atoms with Gasteiger partial charge in [0.05, 0.1) is 18.6 Å². The zero-order valence-corrected chi connectivity index (χ0v) is 19.8. The van der Waals surface area contributed by atoms with Gasteiger partial charge in [-0.15, -0.1) is 10.2 Å². The monoisotopic (exact) mass is 492 g/mol. The van der Waals surface area contributed by atoms with Gasteiger partial charge in [0.15, 0.2) is 11.0 Å². The van der Waals surface area contributed by atoms with Crippen LogP contribution >= 0.6 is 23.4 Å². The first-order valence-electron chi connectivity index (χ1n) is 10.4. The first-order valence-corrected chi connectivity index (χ1v) is 11.8. The van der Waals surface area contributed by atoms with Crippen LogP contribution in [0.5, 0.6) is 5.75 Å². The second-order valence-corrected chi connectivity index (χ2v) is 8.32. The number of halogens is 1. The van der Waals surface area contributed by atoms with Crippen molar-refractivity contribution in [1.82, 2.24) is 25.2 Å². The molecule has 0 aliphatic carbocycles. The molecule has 0 bridgehead atoms. The smallest absolute Gasteiger partial charge is 0.250 e. The minimum absolute atomic E-state index is 0.111. The molecule has 2 aromatic carbocycles. The van der Waals surface area contributed by atoms with E-state index in [2.05, 4.69) is 25.7 Å².